The highest BCUT2D eigenvalue weighted by molar-refractivity contribution is 5.88. The molecule has 12 heteroatoms. The smallest absolute Gasteiger partial charge is 0.416 e. The fraction of sp³-hybridized carbons (Fsp3) is 0.533. The van der Waals surface area contributed by atoms with Gasteiger partial charge >= 0.3 is 12.1 Å². The monoisotopic (exact) mass is 594 g/mol. The lowest BCUT2D eigenvalue weighted by atomic mass is 9.84. The molecule has 2 atom stereocenters. The summed E-state index contributed by atoms with van der Waals surface area (Å²) in [6.45, 7) is 1.34. The van der Waals surface area contributed by atoms with Crippen molar-refractivity contribution in [2.75, 3.05) is 26.4 Å². The van der Waals surface area contributed by atoms with Crippen molar-refractivity contribution >= 4 is 11.9 Å². The molecule has 0 aromatic heterocycles. The third-order valence-corrected chi connectivity index (χ3v) is 9.18. The van der Waals surface area contributed by atoms with E-state index in [1.807, 2.05) is 0 Å². The number of carbonyl (C=O) groups excluding carboxylic acids is 1. The second-order valence-electron chi connectivity index (χ2n) is 11.7. The van der Waals surface area contributed by atoms with Gasteiger partial charge in [0.25, 0.3) is 5.91 Å². The van der Waals surface area contributed by atoms with E-state index in [0.29, 0.717) is 25.5 Å². The fourth-order valence-electron chi connectivity index (χ4n) is 6.73. The second kappa shape index (κ2) is 10.8. The number of likely N-dealkylation sites (tertiary alicyclic amines) is 1. The van der Waals surface area contributed by atoms with Crippen molar-refractivity contribution in [1.29, 1.82) is 0 Å². The molecule has 226 valence electrons. The van der Waals surface area contributed by atoms with Crippen LogP contribution in [0.1, 0.15) is 71.5 Å². The zero-order valence-electron chi connectivity index (χ0n) is 22.8. The van der Waals surface area contributed by atoms with E-state index in [0.717, 1.165) is 50.4 Å². The van der Waals surface area contributed by atoms with Crippen LogP contribution in [0.3, 0.4) is 0 Å². The van der Waals surface area contributed by atoms with Gasteiger partial charge in [-0.1, -0.05) is 6.07 Å². The summed E-state index contributed by atoms with van der Waals surface area (Å²) in [6.07, 6.45) is -0.393. The Balaban J connectivity index is 1.10. The van der Waals surface area contributed by atoms with Gasteiger partial charge in [0.2, 0.25) is 0 Å². The molecule has 3 aliphatic heterocycles. The van der Waals surface area contributed by atoms with Crippen LogP contribution in [-0.2, 0) is 22.3 Å². The van der Waals surface area contributed by atoms with Crippen LogP contribution in [0.4, 0.5) is 22.0 Å². The fourth-order valence-corrected chi connectivity index (χ4v) is 6.73. The summed E-state index contributed by atoms with van der Waals surface area (Å²) in [5, 5.41) is 9.25. The Morgan fingerprint density at radius 2 is 1.71 bits per heavy atom. The lowest BCUT2D eigenvalue weighted by Gasteiger charge is -2.46. The summed E-state index contributed by atoms with van der Waals surface area (Å²) in [6, 6.07) is 5.57. The molecule has 2 aromatic rings. The molecule has 0 spiro atoms. The molecule has 1 aliphatic carbocycles. The first-order valence-electron chi connectivity index (χ1n) is 14.2. The van der Waals surface area contributed by atoms with Crippen molar-refractivity contribution in [3.05, 3.63) is 64.2 Å². The summed E-state index contributed by atoms with van der Waals surface area (Å²) < 4.78 is 79.8. The Bertz CT molecular complexity index is 1380. The summed E-state index contributed by atoms with van der Waals surface area (Å²) >= 11 is 0. The SMILES string of the molecule is O=C(O)c1cc(C2CCN([C@@H]3CC[C@@](C(=O)N4COc5c(F)cc(C(F)(F)F)cc5C4)(C4CC4)OC3)CC2)ccc1F. The van der Waals surface area contributed by atoms with Gasteiger partial charge in [0.15, 0.2) is 18.3 Å². The van der Waals surface area contributed by atoms with E-state index < -0.39 is 34.9 Å². The number of nitrogens with zero attached hydrogens (tertiary/aromatic N) is 2. The highest BCUT2D eigenvalue weighted by Crippen LogP contribution is 2.49. The maximum Gasteiger partial charge on any atom is 0.416 e. The van der Waals surface area contributed by atoms with Crippen LogP contribution in [0.15, 0.2) is 30.3 Å². The molecule has 6 rings (SSSR count). The third-order valence-electron chi connectivity index (χ3n) is 9.18. The Kier molecular flexibility index (Phi) is 7.41. The molecule has 2 saturated heterocycles. The molecule has 3 heterocycles. The topological polar surface area (TPSA) is 79.3 Å². The van der Waals surface area contributed by atoms with E-state index in [1.165, 1.54) is 17.0 Å². The normalized spacial score (nSPS) is 25.5. The van der Waals surface area contributed by atoms with Crippen LogP contribution in [0.25, 0.3) is 0 Å². The molecule has 0 radical (unpaired) electrons. The standard InChI is InChI=1S/C30H31F5N2O5/c31-24-4-1-18(12-23(24)27(38)39)17-6-9-36(10-7-17)22-5-8-29(42-15-22,20-2-3-20)28(40)37-14-19-11-21(30(33,34)35)13-25(32)26(19)41-16-37/h1,4,11-13,17,20,22H,2-3,5-10,14-16H2,(H,38,39)/t22-,29+/m1/s1. The van der Waals surface area contributed by atoms with E-state index in [4.69, 9.17) is 9.47 Å². The number of carboxylic acids is 1. The van der Waals surface area contributed by atoms with E-state index in [-0.39, 0.29) is 53.9 Å². The molecule has 42 heavy (non-hydrogen) atoms. The number of carboxylic acid groups (broad SMARTS) is 1. The molecule has 1 N–H and O–H groups in total. The molecule has 2 aromatic carbocycles. The van der Waals surface area contributed by atoms with Crippen LogP contribution < -0.4 is 4.74 Å². The van der Waals surface area contributed by atoms with Gasteiger partial charge in [0.05, 0.1) is 24.3 Å². The van der Waals surface area contributed by atoms with E-state index in [2.05, 4.69) is 4.90 Å². The van der Waals surface area contributed by atoms with Crippen LogP contribution in [0.2, 0.25) is 0 Å². The molecule has 0 bridgehead atoms. The molecule has 1 amide bonds. The maximum atomic E-state index is 14.4. The highest BCUT2D eigenvalue weighted by Gasteiger charge is 2.56. The van der Waals surface area contributed by atoms with Crippen molar-refractivity contribution < 1.29 is 46.1 Å². The average molecular weight is 595 g/mol. The maximum absolute atomic E-state index is 14.4. The third kappa shape index (κ3) is 5.34. The van der Waals surface area contributed by atoms with E-state index >= 15 is 0 Å². The van der Waals surface area contributed by atoms with Gasteiger partial charge in [0, 0.05) is 11.6 Å². The number of hydrogen-bond acceptors (Lipinski definition) is 5. The predicted octanol–water partition coefficient (Wildman–Crippen LogP) is 5.57. The van der Waals surface area contributed by atoms with E-state index in [1.54, 1.807) is 6.07 Å². The van der Waals surface area contributed by atoms with Crippen molar-refractivity contribution in [2.24, 2.45) is 5.92 Å². The molecular formula is C30H31F5N2O5. The number of aromatic carboxylic acids is 1. The summed E-state index contributed by atoms with van der Waals surface area (Å²) in [5.74, 6) is -3.63. The Hall–Kier alpha value is -3.25. The number of fused-ring (bicyclic) bond motifs is 1. The Labute approximate surface area is 239 Å². The zero-order valence-corrected chi connectivity index (χ0v) is 22.8. The van der Waals surface area contributed by atoms with Crippen LogP contribution in [0.5, 0.6) is 5.75 Å². The Morgan fingerprint density at radius 3 is 2.33 bits per heavy atom. The van der Waals surface area contributed by atoms with Gasteiger partial charge in [0.1, 0.15) is 11.4 Å². The predicted molar refractivity (Wildman–Crippen MR) is 139 cm³/mol. The number of ether oxygens (including phenoxy) is 2. The van der Waals surface area contributed by atoms with Crippen molar-refractivity contribution in [1.82, 2.24) is 9.80 Å². The molecular weight excluding hydrogens is 563 g/mol. The minimum absolute atomic E-state index is 0.0123. The molecule has 7 nitrogen and oxygen atoms in total. The van der Waals surface area contributed by atoms with Crippen LogP contribution in [0, 0.1) is 17.6 Å². The lowest BCUT2D eigenvalue weighted by Crippen LogP contribution is -2.59. The molecule has 3 fully saturated rings. The molecule has 4 aliphatic rings. The summed E-state index contributed by atoms with van der Waals surface area (Å²) in [5.41, 5.74) is -1.77. The second-order valence-corrected chi connectivity index (χ2v) is 11.7. The number of amides is 1. The number of alkyl halides is 3. The van der Waals surface area contributed by atoms with Crippen LogP contribution >= 0.6 is 0 Å². The first-order chi connectivity index (χ1) is 20.0. The van der Waals surface area contributed by atoms with Gasteiger partial charge in [-0.05, 0) is 93.3 Å². The summed E-state index contributed by atoms with van der Waals surface area (Å²) in [7, 11) is 0. The molecule has 1 saturated carbocycles. The average Bonchev–Trinajstić information content (AvgIpc) is 3.83. The van der Waals surface area contributed by atoms with Gasteiger partial charge < -0.3 is 19.5 Å². The first kappa shape index (κ1) is 28.9. The van der Waals surface area contributed by atoms with Gasteiger partial charge in [-0.2, -0.15) is 13.2 Å². The van der Waals surface area contributed by atoms with Crippen molar-refractivity contribution in [3.8, 4) is 5.75 Å². The minimum atomic E-state index is -4.73. The number of halogens is 5. The summed E-state index contributed by atoms with van der Waals surface area (Å²) in [4.78, 5) is 28.8. The van der Waals surface area contributed by atoms with Gasteiger partial charge in [-0.25, -0.2) is 13.6 Å². The number of benzene rings is 2. The van der Waals surface area contributed by atoms with Gasteiger partial charge in [-0.3, -0.25) is 9.69 Å². The Morgan fingerprint density at radius 1 is 0.976 bits per heavy atom. The quantitative estimate of drug-likeness (QED) is 0.457. The van der Waals surface area contributed by atoms with Crippen LogP contribution in [-0.4, -0.2) is 64.9 Å². The first-order valence-corrected chi connectivity index (χ1v) is 14.2. The highest BCUT2D eigenvalue weighted by atomic mass is 19.4. The van der Waals surface area contributed by atoms with Gasteiger partial charge in [-0.15, -0.1) is 0 Å². The van der Waals surface area contributed by atoms with Crippen molar-refractivity contribution in [3.63, 3.8) is 0 Å². The largest absolute Gasteiger partial charge is 0.478 e. The number of hydrogen-bond donors (Lipinski definition) is 1. The minimum Gasteiger partial charge on any atom is -0.478 e. The number of rotatable bonds is 5. The number of carbonyl (C=O) groups is 2. The molecule has 0 unspecified atom stereocenters. The zero-order chi connectivity index (χ0) is 29.8. The lowest BCUT2D eigenvalue weighted by molar-refractivity contribution is -0.180. The van der Waals surface area contributed by atoms with E-state index in [9.17, 15) is 36.6 Å². The number of piperidine rings is 1. The van der Waals surface area contributed by atoms with Crippen molar-refractivity contribution in [2.45, 2.75) is 68.8 Å².